The molecule has 0 bridgehead atoms. The molecule has 6 nitrogen and oxygen atoms in total. The van der Waals surface area contributed by atoms with E-state index in [1.807, 2.05) is 6.92 Å². The molecule has 0 aliphatic carbocycles. The Kier molecular flexibility index (Phi) is 5.83. The predicted octanol–water partition coefficient (Wildman–Crippen LogP) is 3.74. The summed E-state index contributed by atoms with van der Waals surface area (Å²) in [6, 6.07) is 11.4. The Morgan fingerprint density at radius 1 is 1.07 bits per heavy atom. The summed E-state index contributed by atoms with van der Waals surface area (Å²) < 4.78 is 54.9. The average Bonchev–Trinajstić information content (AvgIpc) is 2.61. The lowest BCUT2D eigenvalue weighted by molar-refractivity contribution is 0.585. The fourth-order valence-electron chi connectivity index (χ4n) is 3.11. The van der Waals surface area contributed by atoms with E-state index in [1.54, 1.807) is 30.3 Å². The van der Waals surface area contributed by atoms with Crippen LogP contribution in [-0.2, 0) is 26.5 Å². The number of sulfonamides is 2. The van der Waals surface area contributed by atoms with E-state index in [-0.39, 0.29) is 10.6 Å². The largest absolute Gasteiger partial charge is 0.280 e. The number of rotatable bonds is 6. The first kappa shape index (κ1) is 20.2. The van der Waals surface area contributed by atoms with Crippen molar-refractivity contribution < 1.29 is 16.8 Å². The van der Waals surface area contributed by atoms with Crippen LogP contribution in [0.1, 0.15) is 25.3 Å². The molecule has 1 heterocycles. The van der Waals surface area contributed by atoms with Gasteiger partial charge in [0, 0.05) is 16.7 Å². The van der Waals surface area contributed by atoms with Crippen molar-refractivity contribution in [3.05, 3.63) is 52.5 Å². The lowest BCUT2D eigenvalue weighted by atomic mass is 10.0. The molecule has 1 aliphatic heterocycles. The summed E-state index contributed by atoms with van der Waals surface area (Å²) in [6.45, 7) is 2.29. The van der Waals surface area contributed by atoms with E-state index in [1.165, 1.54) is 16.4 Å². The van der Waals surface area contributed by atoms with Gasteiger partial charge in [-0.15, -0.1) is 0 Å². The normalized spacial score (nSPS) is 14.7. The molecule has 0 saturated heterocycles. The van der Waals surface area contributed by atoms with Crippen LogP contribution in [0.5, 0.6) is 0 Å². The van der Waals surface area contributed by atoms with E-state index >= 15 is 0 Å². The van der Waals surface area contributed by atoms with Crippen LogP contribution in [0.15, 0.2) is 51.8 Å². The zero-order chi connectivity index (χ0) is 19.7. The molecular weight excluding hydrogens is 452 g/mol. The quantitative estimate of drug-likeness (QED) is 0.693. The summed E-state index contributed by atoms with van der Waals surface area (Å²) in [7, 11) is -7.06. The molecule has 0 amide bonds. The zero-order valence-corrected chi connectivity index (χ0v) is 18.1. The third-order valence-corrected chi connectivity index (χ3v) is 8.23. The highest BCUT2D eigenvalue weighted by molar-refractivity contribution is 9.10. The first-order chi connectivity index (χ1) is 12.7. The van der Waals surface area contributed by atoms with Crippen LogP contribution in [0.4, 0.5) is 11.4 Å². The molecule has 0 saturated carbocycles. The maximum absolute atomic E-state index is 12.6. The third-order valence-electron chi connectivity index (χ3n) is 4.33. The van der Waals surface area contributed by atoms with E-state index in [0.717, 1.165) is 10.0 Å². The number of anilines is 2. The van der Waals surface area contributed by atoms with E-state index in [9.17, 15) is 16.8 Å². The van der Waals surface area contributed by atoms with Crippen molar-refractivity contribution in [2.45, 2.75) is 31.1 Å². The van der Waals surface area contributed by atoms with Gasteiger partial charge in [0.15, 0.2) is 0 Å². The highest BCUT2D eigenvalue weighted by atomic mass is 79.9. The van der Waals surface area contributed by atoms with Crippen molar-refractivity contribution in [2.75, 3.05) is 21.3 Å². The number of hydrogen-bond donors (Lipinski definition) is 1. The van der Waals surface area contributed by atoms with Crippen molar-refractivity contribution in [2.24, 2.45) is 0 Å². The van der Waals surface area contributed by atoms with Gasteiger partial charge in [0.05, 0.1) is 16.3 Å². The summed E-state index contributed by atoms with van der Waals surface area (Å²) in [5.41, 5.74) is 1.89. The van der Waals surface area contributed by atoms with Crippen molar-refractivity contribution in [3.63, 3.8) is 0 Å². The van der Waals surface area contributed by atoms with Gasteiger partial charge in [-0.05, 0) is 67.3 Å². The van der Waals surface area contributed by atoms with Crippen LogP contribution < -0.4 is 9.03 Å². The fourth-order valence-corrected chi connectivity index (χ4v) is 6.05. The van der Waals surface area contributed by atoms with Crippen LogP contribution in [0.2, 0.25) is 0 Å². The Hall–Kier alpha value is -1.58. The molecule has 0 unspecified atom stereocenters. The van der Waals surface area contributed by atoms with Crippen LogP contribution in [0, 0.1) is 0 Å². The van der Waals surface area contributed by atoms with E-state index in [2.05, 4.69) is 20.7 Å². The average molecular weight is 473 g/mol. The van der Waals surface area contributed by atoms with E-state index in [0.29, 0.717) is 37.2 Å². The first-order valence-electron chi connectivity index (χ1n) is 8.65. The molecule has 146 valence electrons. The Balaban J connectivity index is 1.89. The minimum atomic E-state index is -3.71. The second kappa shape index (κ2) is 7.81. The first-order valence-corrected chi connectivity index (χ1v) is 12.5. The number of nitrogens with one attached hydrogen (secondary N) is 1. The maximum atomic E-state index is 12.6. The second-order valence-electron chi connectivity index (χ2n) is 6.39. The minimum absolute atomic E-state index is 0.102. The topological polar surface area (TPSA) is 83.6 Å². The molecule has 27 heavy (non-hydrogen) atoms. The van der Waals surface area contributed by atoms with Gasteiger partial charge in [-0.2, -0.15) is 0 Å². The van der Waals surface area contributed by atoms with Gasteiger partial charge in [-0.1, -0.05) is 22.9 Å². The van der Waals surface area contributed by atoms with Gasteiger partial charge in [0.1, 0.15) is 0 Å². The molecular formula is C18H21BrN2O4S2. The predicted molar refractivity (Wildman–Crippen MR) is 111 cm³/mol. The van der Waals surface area contributed by atoms with Gasteiger partial charge in [-0.3, -0.25) is 9.03 Å². The molecule has 2 aromatic carbocycles. The van der Waals surface area contributed by atoms with Gasteiger partial charge in [-0.25, -0.2) is 16.8 Å². The molecule has 0 aromatic heterocycles. The molecule has 0 radical (unpaired) electrons. The summed E-state index contributed by atoms with van der Waals surface area (Å²) in [5.74, 6) is 0.102. The Labute approximate surface area is 168 Å². The molecule has 0 fully saturated rings. The Bertz CT molecular complexity index is 1040. The third kappa shape index (κ3) is 4.47. The van der Waals surface area contributed by atoms with Crippen molar-refractivity contribution >= 4 is 47.4 Å². The smallest absolute Gasteiger partial charge is 0.261 e. The lowest BCUT2D eigenvalue weighted by Crippen LogP contribution is -2.37. The van der Waals surface area contributed by atoms with Crippen molar-refractivity contribution in [1.82, 2.24) is 0 Å². The number of nitrogens with zero attached hydrogens (tertiary/aromatic N) is 1. The fraction of sp³-hybridized carbons (Fsp3) is 0.333. The number of aryl methyl sites for hydroxylation is 1. The highest BCUT2D eigenvalue weighted by Crippen LogP contribution is 2.32. The summed E-state index contributed by atoms with van der Waals surface area (Å²) in [5, 5.41) is 0. The molecule has 1 aliphatic rings. The van der Waals surface area contributed by atoms with Crippen LogP contribution in [0.25, 0.3) is 0 Å². The summed E-state index contributed by atoms with van der Waals surface area (Å²) in [4.78, 5) is 0.163. The summed E-state index contributed by atoms with van der Waals surface area (Å²) >= 11 is 3.28. The standard InChI is InChI=1S/C18H21BrN2O4S2/c1-2-12-26(22,23)21-11-3-4-14-13-16(7-10-18(14)21)20-27(24,25)17-8-5-15(19)6-9-17/h5-10,13,20H,2-4,11-12H2,1H3. The van der Waals surface area contributed by atoms with Crippen LogP contribution in [-0.4, -0.2) is 29.1 Å². The van der Waals surface area contributed by atoms with Crippen LogP contribution >= 0.6 is 15.9 Å². The number of benzene rings is 2. The molecule has 0 spiro atoms. The number of halogens is 1. The molecule has 9 heteroatoms. The molecule has 1 N–H and O–H groups in total. The molecule has 0 atom stereocenters. The van der Waals surface area contributed by atoms with Crippen molar-refractivity contribution in [1.29, 1.82) is 0 Å². The van der Waals surface area contributed by atoms with E-state index < -0.39 is 20.0 Å². The second-order valence-corrected chi connectivity index (χ2v) is 11.0. The van der Waals surface area contributed by atoms with Gasteiger partial charge in [0.25, 0.3) is 10.0 Å². The van der Waals surface area contributed by atoms with Crippen molar-refractivity contribution in [3.8, 4) is 0 Å². The SMILES string of the molecule is CCCS(=O)(=O)N1CCCc2cc(NS(=O)(=O)c3ccc(Br)cc3)ccc21. The van der Waals surface area contributed by atoms with E-state index in [4.69, 9.17) is 0 Å². The van der Waals surface area contributed by atoms with Crippen LogP contribution in [0.3, 0.4) is 0 Å². The van der Waals surface area contributed by atoms with Gasteiger partial charge in [0.2, 0.25) is 10.0 Å². The monoisotopic (exact) mass is 472 g/mol. The van der Waals surface area contributed by atoms with Gasteiger partial charge < -0.3 is 0 Å². The lowest BCUT2D eigenvalue weighted by Gasteiger charge is -2.30. The summed E-state index contributed by atoms with van der Waals surface area (Å²) in [6.07, 6.45) is 1.97. The minimum Gasteiger partial charge on any atom is -0.280 e. The molecule has 2 aromatic rings. The number of fused-ring (bicyclic) bond motifs is 1. The number of hydrogen-bond acceptors (Lipinski definition) is 4. The Morgan fingerprint density at radius 2 is 1.78 bits per heavy atom. The van der Waals surface area contributed by atoms with Gasteiger partial charge >= 0.3 is 0 Å². The Morgan fingerprint density at radius 3 is 2.44 bits per heavy atom. The molecule has 3 rings (SSSR count). The maximum Gasteiger partial charge on any atom is 0.261 e. The highest BCUT2D eigenvalue weighted by Gasteiger charge is 2.27. The zero-order valence-electron chi connectivity index (χ0n) is 14.9.